The second-order valence-electron chi connectivity index (χ2n) is 12.7. The summed E-state index contributed by atoms with van der Waals surface area (Å²) in [6, 6.07) is 27.8. The van der Waals surface area contributed by atoms with Crippen molar-refractivity contribution in [3.63, 3.8) is 0 Å². The maximum Gasteiger partial charge on any atom is 0.203 e. The van der Waals surface area contributed by atoms with Crippen molar-refractivity contribution >= 4 is 86.0 Å². The molecule has 4 aromatic carbocycles. The van der Waals surface area contributed by atoms with E-state index in [1.807, 2.05) is 66.7 Å². The first-order chi connectivity index (χ1) is 23.8. The summed E-state index contributed by atoms with van der Waals surface area (Å²) in [5.41, 5.74) is 6.60. The molecular weight excluding hydrogens is 730 g/mol. The molecule has 6 aromatic rings. The zero-order chi connectivity index (χ0) is 34.2. The summed E-state index contributed by atoms with van der Waals surface area (Å²) in [6.45, 7) is 4.36. The number of benzene rings is 4. The second kappa shape index (κ2) is 18.5. The molecular formula is C39H43Cl5N6. The van der Waals surface area contributed by atoms with E-state index in [2.05, 4.69) is 43.4 Å². The fourth-order valence-electron chi connectivity index (χ4n) is 6.45. The number of piperidine rings is 2. The van der Waals surface area contributed by atoms with Crippen molar-refractivity contribution in [2.75, 3.05) is 31.1 Å². The number of halogens is 5. The van der Waals surface area contributed by atoms with Gasteiger partial charge in [0.2, 0.25) is 11.2 Å². The Hall–Kier alpha value is -2.97. The molecule has 6 nitrogen and oxygen atoms in total. The number of aromatic amines is 2. The number of imidazole rings is 2. The molecule has 0 spiro atoms. The zero-order valence-electron chi connectivity index (χ0n) is 27.0. The number of rotatable bonds is 5. The number of H-pyrrole nitrogens is 2. The summed E-state index contributed by atoms with van der Waals surface area (Å²) < 4.78 is 0. The molecule has 2 aliphatic heterocycles. The monoisotopic (exact) mass is 770 g/mol. The second-order valence-corrected chi connectivity index (χ2v) is 14.6. The van der Waals surface area contributed by atoms with Crippen LogP contribution < -0.4 is 10.2 Å². The number of aromatic nitrogens is 4. The Labute approximate surface area is 319 Å². The maximum atomic E-state index is 6.12. The molecule has 264 valence electrons. The van der Waals surface area contributed by atoms with Gasteiger partial charge in [-0.05, 0) is 135 Å². The number of para-hydroxylation sites is 4. The average molecular weight is 773 g/mol. The van der Waals surface area contributed by atoms with Gasteiger partial charge >= 0.3 is 0 Å². The molecule has 4 heterocycles. The van der Waals surface area contributed by atoms with Gasteiger partial charge in [0.25, 0.3) is 0 Å². The summed E-state index contributed by atoms with van der Waals surface area (Å²) in [6.07, 6.45) is 7.04. The number of hydrogen-bond donors (Lipinski definition) is 3. The third kappa shape index (κ3) is 10.5. The van der Waals surface area contributed by atoms with Crippen LogP contribution >= 0.6 is 58.0 Å². The highest BCUT2D eigenvalue weighted by Crippen LogP contribution is 2.29. The number of nitrogens with one attached hydrogen (secondary N) is 3. The highest BCUT2D eigenvalue weighted by Gasteiger charge is 2.22. The van der Waals surface area contributed by atoms with Crippen molar-refractivity contribution in [1.82, 2.24) is 25.3 Å². The van der Waals surface area contributed by atoms with Gasteiger partial charge < -0.3 is 20.2 Å². The number of nitrogens with zero attached hydrogens (tertiary/aromatic N) is 3. The Bertz CT molecular complexity index is 1890. The lowest BCUT2D eigenvalue weighted by Crippen LogP contribution is -2.35. The van der Waals surface area contributed by atoms with Crippen LogP contribution in [0.3, 0.4) is 0 Å². The van der Waals surface area contributed by atoms with Gasteiger partial charge in [-0.3, -0.25) is 0 Å². The minimum Gasteiger partial charge on any atom is -0.342 e. The van der Waals surface area contributed by atoms with E-state index in [9.17, 15) is 0 Å². The van der Waals surface area contributed by atoms with Crippen LogP contribution in [0, 0.1) is 11.8 Å². The van der Waals surface area contributed by atoms with Gasteiger partial charge in [-0.1, -0.05) is 90.2 Å². The van der Waals surface area contributed by atoms with Crippen molar-refractivity contribution < 1.29 is 0 Å². The lowest BCUT2D eigenvalue weighted by atomic mass is 9.90. The Morgan fingerprint density at radius 1 is 0.580 bits per heavy atom. The van der Waals surface area contributed by atoms with E-state index in [-0.39, 0.29) is 7.43 Å². The first-order valence-corrected chi connectivity index (χ1v) is 18.6. The summed E-state index contributed by atoms with van der Waals surface area (Å²) >= 11 is 29.6. The maximum absolute atomic E-state index is 6.12. The Kier molecular flexibility index (Phi) is 14.2. The van der Waals surface area contributed by atoms with Crippen LogP contribution in [0.25, 0.3) is 22.1 Å². The Morgan fingerprint density at radius 2 is 1.08 bits per heavy atom. The lowest BCUT2D eigenvalue weighted by Gasteiger charge is -2.31. The van der Waals surface area contributed by atoms with E-state index in [4.69, 9.17) is 63.0 Å². The van der Waals surface area contributed by atoms with Crippen LogP contribution in [0.5, 0.6) is 0 Å². The molecule has 0 bridgehead atoms. The summed E-state index contributed by atoms with van der Waals surface area (Å²) in [7, 11) is 0. The van der Waals surface area contributed by atoms with Crippen LogP contribution in [0.15, 0.2) is 84.9 Å². The van der Waals surface area contributed by atoms with Gasteiger partial charge in [-0.25, -0.2) is 9.97 Å². The molecule has 0 saturated carbocycles. The molecule has 50 heavy (non-hydrogen) atoms. The SMILES string of the molecule is C.Clc1ccc(CC2CCN(c3nc4ccccc4[nH]3)CC2)cc1Cl.Clc1ccc(CC2CCNCC2)cc1Cl.Clc1nc2ccccc2[nH]1. The number of fused-ring (bicyclic) bond motifs is 2. The van der Waals surface area contributed by atoms with Gasteiger partial charge in [0.05, 0.1) is 42.2 Å². The molecule has 0 amide bonds. The first kappa shape index (κ1) is 38.3. The van der Waals surface area contributed by atoms with E-state index in [1.54, 1.807) is 0 Å². The highest BCUT2D eigenvalue weighted by molar-refractivity contribution is 6.42. The largest absolute Gasteiger partial charge is 0.342 e. The average Bonchev–Trinajstić information content (AvgIpc) is 3.72. The zero-order valence-corrected chi connectivity index (χ0v) is 30.8. The smallest absolute Gasteiger partial charge is 0.203 e. The minimum atomic E-state index is 0. The van der Waals surface area contributed by atoms with E-state index in [0.29, 0.717) is 31.3 Å². The van der Waals surface area contributed by atoms with Crippen molar-refractivity contribution in [2.24, 2.45) is 11.8 Å². The topological polar surface area (TPSA) is 72.6 Å². The quantitative estimate of drug-likeness (QED) is 0.163. The molecule has 0 aliphatic carbocycles. The van der Waals surface area contributed by atoms with Crippen molar-refractivity contribution in [1.29, 1.82) is 0 Å². The molecule has 2 fully saturated rings. The Morgan fingerprint density at radius 3 is 1.60 bits per heavy atom. The van der Waals surface area contributed by atoms with E-state index < -0.39 is 0 Å². The number of anilines is 1. The van der Waals surface area contributed by atoms with E-state index >= 15 is 0 Å². The molecule has 8 rings (SSSR count). The van der Waals surface area contributed by atoms with E-state index in [0.717, 1.165) is 85.8 Å². The molecule has 0 atom stereocenters. The van der Waals surface area contributed by atoms with Gasteiger partial charge in [0.15, 0.2) is 0 Å². The highest BCUT2D eigenvalue weighted by atomic mass is 35.5. The minimum absolute atomic E-state index is 0. The Balaban J connectivity index is 0.000000159. The fraction of sp³-hybridized carbons (Fsp3) is 0.333. The molecule has 11 heteroatoms. The van der Waals surface area contributed by atoms with Crippen molar-refractivity contribution in [2.45, 2.75) is 46.0 Å². The van der Waals surface area contributed by atoms with Crippen molar-refractivity contribution in [3.8, 4) is 0 Å². The third-order valence-corrected chi connectivity index (χ3v) is 10.8. The van der Waals surface area contributed by atoms with Crippen LogP contribution in [0.2, 0.25) is 25.4 Å². The van der Waals surface area contributed by atoms with Gasteiger partial charge in [-0.2, -0.15) is 0 Å². The predicted octanol–water partition coefficient (Wildman–Crippen LogP) is 11.7. The lowest BCUT2D eigenvalue weighted by molar-refractivity contribution is 0.372. The molecule has 2 aromatic heterocycles. The van der Waals surface area contributed by atoms with Gasteiger partial charge in [0.1, 0.15) is 0 Å². The molecule has 2 saturated heterocycles. The third-order valence-electron chi connectivity index (χ3n) is 9.13. The van der Waals surface area contributed by atoms with Gasteiger partial charge in [-0.15, -0.1) is 0 Å². The van der Waals surface area contributed by atoms with Crippen LogP contribution in [-0.2, 0) is 12.8 Å². The van der Waals surface area contributed by atoms with E-state index in [1.165, 1.54) is 24.0 Å². The van der Waals surface area contributed by atoms with Crippen molar-refractivity contribution in [3.05, 3.63) is 121 Å². The molecule has 0 radical (unpaired) electrons. The number of hydrogen-bond acceptors (Lipinski definition) is 4. The van der Waals surface area contributed by atoms with Crippen LogP contribution in [0.1, 0.15) is 44.2 Å². The molecule has 0 unspecified atom stereocenters. The summed E-state index contributed by atoms with van der Waals surface area (Å²) in [4.78, 5) is 17.4. The first-order valence-electron chi connectivity index (χ1n) is 16.7. The molecule has 3 N–H and O–H groups in total. The normalized spacial score (nSPS) is 15.2. The molecule has 2 aliphatic rings. The van der Waals surface area contributed by atoms with Crippen LogP contribution in [0.4, 0.5) is 5.95 Å². The van der Waals surface area contributed by atoms with Crippen LogP contribution in [-0.4, -0.2) is 46.1 Å². The fourth-order valence-corrected chi connectivity index (χ4v) is 7.28. The predicted molar refractivity (Wildman–Crippen MR) is 215 cm³/mol. The van der Waals surface area contributed by atoms with Gasteiger partial charge in [0, 0.05) is 13.1 Å². The summed E-state index contributed by atoms with van der Waals surface area (Å²) in [5.74, 6) is 2.47. The summed E-state index contributed by atoms with van der Waals surface area (Å²) in [5, 5.41) is 6.41. The standard InChI is InChI=1S/C19H19Cl2N3.C12H15Cl2N.C7H5ClN2.CH4/c20-15-6-5-14(12-16(15)21)11-13-7-9-24(10-8-13)19-22-17-3-1-2-4-18(17)23-19;13-11-2-1-10(8-12(11)14)7-9-3-5-15-6-4-9;8-7-9-5-3-1-2-4-6(5)10-7;/h1-6,12-13H,7-11H2,(H,22,23);1-2,8-9,15H,3-7H2;1-4H,(H,9,10);1H4.